The van der Waals surface area contributed by atoms with Gasteiger partial charge in [-0.05, 0) is 48.7 Å². The van der Waals surface area contributed by atoms with Gasteiger partial charge >= 0.3 is 0 Å². The molecule has 2 N–H and O–H groups in total. The predicted molar refractivity (Wildman–Crippen MR) is 119 cm³/mol. The van der Waals surface area contributed by atoms with E-state index in [0.29, 0.717) is 37.2 Å². The Hall–Kier alpha value is -2.26. The standard InChI is InChI=1S/C23H29N3O4S/c24-21-4-6-22(7-5-21)31(28,29)26-10-8-19(9-11-26)23(27)20-3-1-2-18(16-20)17-25-12-14-30-15-13-25/h1-7,16,19H,8-15,17,24H2. The molecule has 8 heteroatoms. The summed E-state index contributed by atoms with van der Waals surface area (Å²) in [6.45, 7) is 4.79. The lowest BCUT2D eigenvalue weighted by Crippen LogP contribution is -2.40. The first-order valence-electron chi connectivity index (χ1n) is 10.7. The lowest BCUT2D eigenvalue weighted by atomic mass is 9.89. The molecule has 0 amide bonds. The Morgan fingerprint density at radius 3 is 2.35 bits per heavy atom. The number of nitrogens with zero attached hydrogens (tertiary/aromatic N) is 2. The zero-order valence-electron chi connectivity index (χ0n) is 17.6. The molecule has 0 saturated carbocycles. The molecule has 0 unspecified atom stereocenters. The number of piperidine rings is 1. The van der Waals surface area contributed by atoms with E-state index in [2.05, 4.69) is 4.90 Å². The van der Waals surface area contributed by atoms with Gasteiger partial charge in [0.1, 0.15) is 0 Å². The molecule has 2 saturated heterocycles. The van der Waals surface area contributed by atoms with Crippen LogP contribution in [0.5, 0.6) is 0 Å². The summed E-state index contributed by atoms with van der Waals surface area (Å²) in [6, 6.07) is 14.1. The average Bonchev–Trinajstić information content (AvgIpc) is 2.80. The van der Waals surface area contributed by atoms with Crippen LogP contribution in [-0.4, -0.2) is 62.8 Å². The van der Waals surface area contributed by atoms with E-state index in [0.717, 1.165) is 38.4 Å². The molecule has 31 heavy (non-hydrogen) atoms. The third kappa shape index (κ3) is 5.15. The second-order valence-electron chi connectivity index (χ2n) is 8.20. The molecule has 4 rings (SSSR count). The van der Waals surface area contributed by atoms with E-state index in [4.69, 9.17) is 10.5 Å². The van der Waals surface area contributed by atoms with E-state index in [1.54, 1.807) is 12.1 Å². The highest BCUT2D eigenvalue weighted by atomic mass is 32.2. The minimum atomic E-state index is -3.56. The Kier molecular flexibility index (Phi) is 6.71. The number of hydrogen-bond acceptors (Lipinski definition) is 6. The van der Waals surface area contributed by atoms with E-state index in [1.807, 2.05) is 24.3 Å². The van der Waals surface area contributed by atoms with Crippen molar-refractivity contribution in [3.63, 3.8) is 0 Å². The number of ketones is 1. The maximum atomic E-state index is 13.1. The Balaban J connectivity index is 1.38. The summed E-state index contributed by atoms with van der Waals surface area (Å²) in [4.78, 5) is 15.7. The fourth-order valence-corrected chi connectivity index (χ4v) is 5.69. The lowest BCUT2D eigenvalue weighted by molar-refractivity contribution is 0.0342. The Morgan fingerprint density at radius 1 is 1.00 bits per heavy atom. The van der Waals surface area contributed by atoms with Crippen molar-refractivity contribution in [1.82, 2.24) is 9.21 Å². The van der Waals surface area contributed by atoms with Crippen LogP contribution in [0.1, 0.15) is 28.8 Å². The van der Waals surface area contributed by atoms with E-state index in [9.17, 15) is 13.2 Å². The number of sulfonamides is 1. The maximum Gasteiger partial charge on any atom is 0.243 e. The smallest absolute Gasteiger partial charge is 0.243 e. The number of carbonyl (C=O) groups excluding carboxylic acids is 1. The number of carbonyl (C=O) groups is 1. The Labute approximate surface area is 183 Å². The van der Waals surface area contributed by atoms with Crippen LogP contribution in [0.3, 0.4) is 0 Å². The zero-order valence-corrected chi connectivity index (χ0v) is 18.4. The summed E-state index contributed by atoms with van der Waals surface area (Å²) in [7, 11) is -3.56. The first-order valence-corrected chi connectivity index (χ1v) is 12.2. The Bertz CT molecular complexity index is 1010. The largest absolute Gasteiger partial charge is 0.399 e. The van der Waals surface area contributed by atoms with Crippen molar-refractivity contribution < 1.29 is 17.9 Å². The van der Waals surface area contributed by atoms with Crippen LogP contribution < -0.4 is 5.73 Å². The molecule has 2 fully saturated rings. The molecule has 0 radical (unpaired) electrons. The number of benzene rings is 2. The normalized spacial score (nSPS) is 19.4. The highest BCUT2D eigenvalue weighted by Gasteiger charge is 2.32. The number of nitrogens with two attached hydrogens (primary N) is 1. The topological polar surface area (TPSA) is 92.9 Å². The zero-order chi connectivity index (χ0) is 21.8. The number of ether oxygens (including phenoxy) is 1. The maximum absolute atomic E-state index is 13.1. The first-order chi connectivity index (χ1) is 14.9. The molecule has 0 atom stereocenters. The molecule has 2 heterocycles. The predicted octanol–water partition coefficient (Wildman–Crippen LogP) is 2.38. The van der Waals surface area contributed by atoms with Crippen LogP contribution in [0.25, 0.3) is 0 Å². The quantitative estimate of drug-likeness (QED) is 0.544. The van der Waals surface area contributed by atoms with E-state index < -0.39 is 10.0 Å². The van der Waals surface area contributed by atoms with Crippen LogP contribution in [0.15, 0.2) is 53.4 Å². The molecule has 7 nitrogen and oxygen atoms in total. The molecule has 2 aliphatic heterocycles. The van der Waals surface area contributed by atoms with E-state index in [1.165, 1.54) is 16.4 Å². The summed E-state index contributed by atoms with van der Waals surface area (Å²) in [6.07, 6.45) is 1.06. The van der Waals surface area contributed by atoms with Gasteiger partial charge in [0.05, 0.1) is 18.1 Å². The third-order valence-electron chi connectivity index (χ3n) is 6.06. The second kappa shape index (κ2) is 9.48. The molecule has 166 valence electrons. The first kappa shape index (κ1) is 22.0. The number of Topliss-reactive ketones (excluding diaryl/α,β-unsaturated/α-hetero) is 1. The van der Waals surface area contributed by atoms with Crippen molar-refractivity contribution in [3.8, 4) is 0 Å². The monoisotopic (exact) mass is 443 g/mol. The van der Waals surface area contributed by atoms with Crippen molar-refractivity contribution in [2.75, 3.05) is 45.1 Å². The van der Waals surface area contributed by atoms with Gasteiger partial charge in [0, 0.05) is 49.9 Å². The van der Waals surface area contributed by atoms with Crippen LogP contribution >= 0.6 is 0 Å². The highest BCUT2D eigenvalue weighted by Crippen LogP contribution is 2.27. The van der Waals surface area contributed by atoms with Gasteiger partial charge in [0.2, 0.25) is 10.0 Å². The van der Waals surface area contributed by atoms with Gasteiger partial charge in [0.25, 0.3) is 0 Å². The molecule has 0 spiro atoms. The minimum Gasteiger partial charge on any atom is -0.399 e. The number of nitrogen functional groups attached to an aromatic ring is 1. The highest BCUT2D eigenvalue weighted by molar-refractivity contribution is 7.89. The summed E-state index contributed by atoms with van der Waals surface area (Å²) in [5.74, 6) is -0.0511. The Morgan fingerprint density at radius 2 is 1.68 bits per heavy atom. The molecular weight excluding hydrogens is 414 g/mol. The van der Waals surface area contributed by atoms with Crippen molar-refractivity contribution in [3.05, 3.63) is 59.7 Å². The van der Waals surface area contributed by atoms with Crippen LogP contribution in [0.4, 0.5) is 5.69 Å². The molecule has 0 aliphatic carbocycles. The van der Waals surface area contributed by atoms with E-state index in [-0.39, 0.29) is 16.6 Å². The molecule has 2 aromatic carbocycles. The average molecular weight is 444 g/mol. The number of anilines is 1. The summed E-state index contributed by atoms with van der Waals surface area (Å²) in [5.41, 5.74) is 8.03. The SMILES string of the molecule is Nc1ccc(S(=O)(=O)N2CCC(C(=O)c3cccc(CN4CCOCC4)c3)CC2)cc1. The van der Waals surface area contributed by atoms with Gasteiger partial charge in [-0.3, -0.25) is 9.69 Å². The fourth-order valence-electron chi connectivity index (χ4n) is 4.22. The van der Waals surface area contributed by atoms with Gasteiger partial charge in [-0.15, -0.1) is 0 Å². The van der Waals surface area contributed by atoms with E-state index >= 15 is 0 Å². The minimum absolute atomic E-state index is 0.105. The second-order valence-corrected chi connectivity index (χ2v) is 10.1. The number of hydrogen-bond donors (Lipinski definition) is 1. The van der Waals surface area contributed by atoms with Crippen molar-refractivity contribution in [2.45, 2.75) is 24.3 Å². The van der Waals surface area contributed by atoms with Crippen molar-refractivity contribution in [1.29, 1.82) is 0 Å². The van der Waals surface area contributed by atoms with Crippen LogP contribution in [0, 0.1) is 5.92 Å². The van der Waals surface area contributed by atoms with Crippen molar-refractivity contribution >= 4 is 21.5 Å². The third-order valence-corrected chi connectivity index (χ3v) is 7.98. The molecule has 0 aromatic heterocycles. The van der Waals surface area contributed by atoms with Gasteiger partial charge in [-0.25, -0.2) is 8.42 Å². The number of morpholine rings is 1. The van der Waals surface area contributed by atoms with Gasteiger partial charge in [-0.2, -0.15) is 4.31 Å². The van der Waals surface area contributed by atoms with Gasteiger partial charge in [0.15, 0.2) is 5.78 Å². The molecule has 2 aliphatic rings. The lowest BCUT2D eigenvalue weighted by Gasteiger charge is -2.30. The van der Waals surface area contributed by atoms with Crippen LogP contribution in [-0.2, 0) is 21.3 Å². The van der Waals surface area contributed by atoms with Crippen molar-refractivity contribution in [2.24, 2.45) is 5.92 Å². The van der Waals surface area contributed by atoms with Crippen LogP contribution in [0.2, 0.25) is 0 Å². The summed E-state index contributed by atoms with van der Waals surface area (Å²) < 4.78 is 32.6. The fraction of sp³-hybridized carbons (Fsp3) is 0.435. The summed E-state index contributed by atoms with van der Waals surface area (Å²) >= 11 is 0. The number of rotatable bonds is 6. The molecule has 0 bridgehead atoms. The molecular formula is C23H29N3O4S. The molecule has 2 aromatic rings. The summed E-state index contributed by atoms with van der Waals surface area (Å²) in [5, 5.41) is 0. The van der Waals surface area contributed by atoms with Gasteiger partial charge < -0.3 is 10.5 Å². The van der Waals surface area contributed by atoms with Gasteiger partial charge in [-0.1, -0.05) is 18.2 Å².